The highest BCUT2D eigenvalue weighted by molar-refractivity contribution is 6.05. The van der Waals surface area contributed by atoms with Crippen LogP contribution in [-0.2, 0) is 17.8 Å². The van der Waals surface area contributed by atoms with Crippen LogP contribution in [0.15, 0.2) is 36.7 Å². The predicted octanol–water partition coefficient (Wildman–Crippen LogP) is 3.67. The number of nitrogens with zero attached hydrogens (tertiary/aromatic N) is 6. The molecule has 9 nitrogen and oxygen atoms in total. The molecule has 174 valence electrons. The first-order valence-corrected chi connectivity index (χ1v) is 11.8. The highest BCUT2D eigenvalue weighted by Gasteiger charge is 2.38. The molecule has 1 atom stereocenters. The second kappa shape index (κ2) is 8.23. The summed E-state index contributed by atoms with van der Waals surface area (Å²) < 4.78 is 5.83. The van der Waals surface area contributed by atoms with E-state index in [1.54, 1.807) is 12.4 Å². The van der Waals surface area contributed by atoms with Crippen molar-refractivity contribution in [3.8, 4) is 11.6 Å². The third kappa shape index (κ3) is 3.81. The summed E-state index contributed by atoms with van der Waals surface area (Å²) in [4.78, 5) is 34.8. The molecule has 0 spiro atoms. The Morgan fingerprint density at radius 2 is 2.00 bits per heavy atom. The maximum atomic E-state index is 12.7. The van der Waals surface area contributed by atoms with Crippen LogP contribution in [0.4, 0.5) is 17.5 Å². The first kappa shape index (κ1) is 20.8. The molecule has 3 aromatic heterocycles. The van der Waals surface area contributed by atoms with Gasteiger partial charge in [-0.05, 0) is 50.3 Å². The molecule has 9 heteroatoms. The van der Waals surface area contributed by atoms with Gasteiger partial charge in [0.2, 0.25) is 17.7 Å². The van der Waals surface area contributed by atoms with Crippen molar-refractivity contribution >= 4 is 23.4 Å². The SMILES string of the molecule is CC1C(=O)N2CCCc3nc(NCc4ccc(Oc5ccc(C6CC6)nc5)nc4)nc(c32)N1C. The van der Waals surface area contributed by atoms with Crippen LogP contribution < -0.4 is 19.9 Å². The molecule has 1 unspecified atom stereocenters. The van der Waals surface area contributed by atoms with Crippen LogP contribution >= 0.6 is 0 Å². The van der Waals surface area contributed by atoms with Crippen molar-refractivity contribution in [2.45, 2.75) is 51.1 Å². The molecular weight excluding hydrogens is 430 g/mol. The number of carbonyl (C=O) groups is 1. The number of amides is 1. The lowest BCUT2D eigenvalue weighted by Gasteiger charge is -2.41. The Kier molecular flexibility index (Phi) is 5.04. The molecule has 1 amide bonds. The summed E-state index contributed by atoms with van der Waals surface area (Å²) in [5, 5.41) is 3.32. The summed E-state index contributed by atoms with van der Waals surface area (Å²) in [6.45, 7) is 3.18. The highest BCUT2D eigenvalue weighted by Crippen LogP contribution is 2.40. The molecule has 1 N–H and O–H groups in total. The van der Waals surface area contributed by atoms with Crippen molar-refractivity contribution in [1.82, 2.24) is 19.9 Å². The summed E-state index contributed by atoms with van der Waals surface area (Å²) in [6, 6.07) is 7.56. The van der Waals surface area contributed by atoms with Gasteiger partial charge in [-0.15, -0.1) is 0 Å². The van der Waals surface area contributed by atoms with Crippen molar-refractivity contribution in [3.05, 3.63) is 53.6 Å². The number of carbonyl (C=O) groups excluding carboxylic acids is 1. The number of ether oxygens (including phenoxy) is 1. The molecule has 0 radical (unpaired) electrons. The van der Waals surface area contributed by atoms with Gasteiger partial charge in [-0.25, -0.2) is 9.97 Å². The van der Waals surface area contributed by atoms with E-state index in [2.05, 4.69) is 15.3 Å². The number of nitrogens with one attached hydrogen (secondary N) is 1. The zero-order valence-electron chi connectivity index (χ0n) is 19.4. The molecule has 0 aromatic carbocycles. The fraction of sp³-hybridized carbons (Fsp3) is 0.400. The number of aromatic nitrogens is 4. The van der Waals surface area contributed by atoms with Crippen molar-refractivity contribution in [2.75, 3.05) is 28.7 Å². The molecule has 1 saturated carbocycles. The van der Waals surface area contributed by atoms with Crippen LogP contribution in [0, 0.1) is 0 Å². The van der Waals surface area contributed by atoms with E-state index < -0.39 is 0 Å². The molecule has 0 bridgehead atoms. The Morgan fingerprint density at radius 1 is 1.12 bits per heavy atom. The van der Waals surface area contributed by atoms with Gasteiger partial charge in [0.05, 0.1) is 11.9 Å². The van der Waals surface area contributed by atoms with Crippen LogP contribution in [0.3, 0.4) is 0 Å². The molecule has 6 rings (SSSR count). The van der Waals surface area contributed by atoms with Crippen LogP contribution in [-0.4, -0.2) is 45.5 Å². The summed E-state index contributed by atoms with van der Waals surface area (Å²) in [6.07, 6.45) is 7.76. The van der Waals surface area contributed by atoms with Gasteiger partial charge in [-0.1, -0.05) is 6.07 Å². The average Bonchev–Trinajstić information content (AvgIpc) is 3.71. The highest BCUT2D eigenvalue weighted by atomic mass is 16.5. The quantitative estimate of drug-likeness (QED) is 0.599. The molecule has 3 aliphatic rings. The Balaban J connectivity index is 1.14. The van der Waals surface area contributed by atoms with Gasteiger partial charge in [-0.2, -0.15) is 4.98 Å². The van der Waals surface area contributed by atoms with Gasteiger partial charge in [0, 0.05) is 44.0 Å². The Labute approximate surface area is 198 Å². The fourth-order valence-electron chi connectivity index (χ4n) is 4.53. The maximum absolute atomic E-state index is 12.7. The standard InChI is InChI=1S/C25H27N7O2/c1-15-24(33)32-11-3-4-20-22(32)23(31(15)2)30-25(29-20)28-13-16-5-10-21(27-12-16)34-18-8-9-19(26-14-18)17-6-7-17/h5,8-10,12,14-15,17H,3-4,6-7,11,13H2,1-2H3,(H,28,29,30). The smallest absolute Gasteiger partial charge is 0.249 e. The molecule has 5 heterocycles. The van der Waals surface area contributed by atoms with Gasteiger partial charge in [-0.3, -0.25) is 9.78 Å². The Hall–Kier alpha value is -3.75. The molecule has 1 fully saturated rings. The van der Waals surface area contributed by atoms with Gasteiger partial charge in [0.25, 0.3) is 0 Å². The second-order valence-electron chi connectivity index (χ2n) is 9.20. The number of rotatable bonds is 6. The molecule has 34 heavy (non-hydrogen) atoms. The largest absolute Gasteiger partial charge is 0.437 e. The van der Waals surface area contributed by atoms with E-state index in [-0.39, 0.29) is 11.9 Å². The first-order valence-electron chi connectivity index (χ1n) is 11.8. The molecule has 1 aliphatic carbocycles. The van der Waals surface area contributed by atoms with E-state index in [4.69, 9.17) is 14.7 Å². The van der Waals surface area contributed by atoms with E-state index in [0.29, 0.717) is 30.0 Å². The van der Waals surface area contributed by atoms with E-state index in [1.807, 2.05) is 48.0 Å². The maximum Gasteiger partial charge on any atom is 0.249 e. The number of hydrogen-bond acceptors (Lipinski definition) is 8. The lowest BCUT2D eigenvalue weighted by atomic mass is 10.0. The molecular formula is C25H27N7O2. The Morgan fingerprint density at radius 3 is 2.74 bits per heavy atom. The van der Waals surface area contributed by atoms with E-state index >= 15 is 0 Å². The lowest BCUT2D eigenvalue weighted by molar-refractivity contribution is -0.119. The number of anilines is 3. The summed E-state index contributed by atoms with van der Waals surface area (Å²) in [7, 11) is 1.92. The molecule has 3 aromatic rings. The minimum absolute atomic E-state index is 0.114. The van der Waals surface area contributed by atoms with Crippen LogP contribution in [0.5, 0.6) is 11.6 Å². The van der Waals surface area contributed by atoms with Crippen LogP contribution in [0.25, 0.3) is 0 Å². The zero-order chi connectivity index (χ0) is 23.2. The van der Waals surface area contributed by atoms with Crippen LogP contribution in [0.2, 0.25) is 0 Å². The Bertz CT molecular complexity index is 1230. The number of likely N-dealkylation sites (N-methyl/N-ethyl adjacent to an activating group) is 1. The minimum Gasteiger partial charge on any atom is -0.437 e. The van der Waals surface area contributed by atoms with Crippen molar-refractivity contribution in [1.29, 1.82) is 0 Å². The third-order valence-electron chi connectivity index (χ3n) is 6.77. The van der Waals surface area contributed by atoms with Crippen LogP contribution in [0.1, 0.15) is 49.1 Å². The monoisotopic (exact) mass is 457 g/mol. The topological polar surface area (TPSA) is 96.4 Å². The zero-order valence-corrected chi connectivity index (χ0v) is 19.4. The number of aryl methyl sites for hydroxylation is 1. The van der Waals surface area contributed by atoms with Gasteiger partial charge in [0.15, 0.2) is 5.82 Å². The van der Waals surface area contributed by atoms with Crippen molar-refractivity contribution in [3.63, 3.8) is 0 Å². The number of hydrogen-bond donors (Lipinski definition) is 1. The number of pyridine rings is 2. The van der Waals surface area contributed by atoms with Gasteiger partial charge >= 0.3 is 0 Å². The second-order valence-corrected chi connectivity index (χ2v) is 9.20. The summed E-state index contributed by atoms with van der Waals surface area (Å²) in [5.41, 5.74) is 3.92. The molecule has 0 saturated heterocycles. The lowest BCUT2D eigenvalue weighted by Crippen LogP contribution is -2.53. The summed E-state index contributed by atoms with van der Waals surface area (Å²) in [5.74, 6) is 3.32. The normalized spacial score (nSPS) is 19.1. The van der Waals surface area contributed by atoms with Gasteiger partial charge < -0.3 is 19.9 Å². The van der Waals surface area contributed by atoms with E-state index in [9.17, 15) is 4.79 Å². The minimum atomic E-state index is -0.238. The fourth-order valence-corrected chi connectivity index (χ4v) is 4.53. The average molecular weight is 458 g/mol. The van der Waals surface area contributed by atoms with Crippen molar-refractivity contribution < 1.29 is 9.53 Å². The predicted molar refractivity (Wildman–Crippen MR) is 128 cm³/mol. The van der Waals surface area contributed by atoms with Crippen molar-refractivity contribution in [2.24, 2.45) is 0 Å². The van der Waals surface area contributed by atoms with E-state index in [0.717, 1.165) is 47.8 Å². The summed E-state index contributed by atoms with van der Waals surface area (Å²) >= 11 is 0. The van der Waals surface area contributed by atoms with Gasteiger partial charge in [0.1, 0.15) is 17.5 Å². The third-order valence-corrected chi connectivity index (χ3v) is 6.77. The first-order chi connectivity index (χ1) is 16.6. The molecule has 2 aliphatic heterocycles. The van der Waals surface area contributed by atoms with E-state index in [1.165, 1.54) is 12.8 Å².